The van der Waals surface area contributed by atoms with Crippen LogP contribution in [0, 0.1) is 5.82 Å². The van der Waals surface area contributed by atoms with E-state index in [0.29, 0.717) is 12.2 Å². The predicted molar refractivity (Wildman–Crippen MR) is 70.6 cm³/mol. The van der Waals surface area contributed by atoms with Crippen LogP contribution in [0.25, 0.3) is 0 Å². The number of rotatable bonds is 6. The monoisotopic (exact) mass is 256 g/mol. The molecule has 0 aliphatic heterocycles. The lowest BCUT2D eigenvalue weighted by Crippen LogP contribution is -2.18. The number of halogens is 1. The van der Waals surface area contributed by atoms with Gasteiger partial charge in [0.25, 0.3) is 0 Å². The Labute approximate surface area is 105 Å². The number of thioether (sulfide) groups is 1. The van der Waals surface area contributed by atoms with Gasteiger partial charge in [-0.15, -0.1) is 0 Å². The Morgan fingerprint density at radius 1 is 1.53 bits per heavy atom. The van der Waals surface area contributed by atoms with E-state index < -0.39 is 5.82 Å². The Morgan fingerprint density at radius 2 is 2.24 bits per heavy atom. The smallest absolute Gasteiger partial charge is 0.225 e. The Morgan fingerprint density at radius 3 is 2.88 bits per heavy atom. The molecular formula is C12H17FN2OS. The summed E-state index contributed by atoms with van der Waals surface area (Å²) in [7, 11) is 0. The van der Waals surface area contributed by atoms with Crippen LogP contribution in [0.1, 0.15) is 13.3 Å². The van der Waals surface area contributed by atoms with Crippen molar-refractivity contribution in [3.05, 3.63) is 30.1 Å². The fourth-order valence-electron chi connectivity index (χ4n) is 1.21. The molecule has 0 fully saturated rings. The van der Waals surface area contributed by atoms with Gasteiger partial charge in [0.1, 0.15) is 5.82 Å². The first-order valence-corrected chi connectivity index (χ1v) is 6.62. The van der Waals surface area contributed by atoms with Gasteiger partial charge in [0.2, 0.25) is 5.91 Å². The number of anilines is 1. The third kappa shape index (κ3) is 5.70. The lowest BCUT2D eigenvalue weighted by Gasteiger charge is -2.07. The molecule has 94 valence electrons. The molecule has 1 amide bonds. The van der Waals surface area contributed by atoms with Crippen molar-refractivity contribution in [2.45, 2.75) is 19.4 Å². The molecule has 0 aliphatic rings. The SMILES string of the molecule is CC(N)CSCCC(=O)Nc1ccccc1F. The molecule has 3 nitrogen and oxygen atoms in total. The average Bonchev–Trinajstić information content (AvgIpc) is 2.27. The van der Waals surface area contributed by atoms with Gasteiger partial charge in [-0.1, -0.05) is 12.1 Å². The van der Waals surface area contributed by atoms with Crippen molar-refractivity contribution < 1.29 is 9.18 Å². The van der Waals surface area contributed by atoms with Crippen LogP contribution in [0.15, 0.2) is 24.3 Å². The highest BCUT2D eigenvalue weighted by Crippen LogP contribution is 2.13. The topological polar surface area (TPSA) is 55.1 Å². The van der Waals surface area contributed by atoms with E-state index in [-0.39, 0.29) is 17.6 Å². The molecule has 0 heterocycles. The first kappa shape index (κ1) is 14.0. The maximum absolute atomic E-state index is 13.2. The summed E-state index contributed by atoms with van der Waals surface area (Å²) in [6.45, 7) is 1.92. The number of para-hydroxylation sites is 1. The molecule has 1 aromatic rings. The predicted octanol–water partition coefficient (Wildman–Crippen LogP) is 2.23. The summed E-state index contributed by atoms with van der Waals surface area (Å²) in [5, 5.41) is 2.54. The van der Waals surface area contributed by atoms with Crippen molar-refractivity contribution in [1.82, 2.24) is 0 Å². The van der Waals surface area contributed by atoms with Crippen molar-refractivity contribution in [2.24, 2.45) is 5.73 Å². The summed E-state index contributed by atoms with van der Waals surface area (Å²) in [6.07, 6.45) is 0.367. The molecule has 1 unspecified atom stereocenters. The van der Waals surface area contributed by atoms with Crippen LogP contribution >= 0.6 is 11.8 Å². The fraction of sp³-hybridized carbons (Fsp3) is 0.417. The fourth-order valence-corrected chi connectivity index (χ4v) is 2.08. The van der Waals surface area contributed by atoms with Gasteiger partial charge in [0.05, 0.1) is 5.69 Å². The van der Waals surface area contributed by atoms with E-state index in [0.717, 1.165) is 5.75 Å². The normalized spacial score (nSPS) is 12.2. The van der Waals surface area contributed by atoms with E-state index in [2.05, 4.69) is 5.32 Å². The first-order valence-electron chi connectivity index (χ1n) is 5.47. The number of carbonyl (C=O) groups is 1. The molecule has 1 rings (SSSR count). The van der Waals surface area contributed by atoms with E-state index in [9.17, 15) is 9.18 Å². The van der Waals surface area contributed by atoms with Gasteiger partial charge in [-0.2, -0.15) is 11.8 Å². The zero-order valence-electron chi connectivity index (χ0n) is 9.78. The summed E-state index contributed by atoms with van der Waals surface area (Å²) < 4.78 is 13.2. The van der Waals surface area contributed by atoms with Gasteiger partial charge in [0.15, 0.2) is 0 Å². The number of amides is 1. The Balaban J connectivity index is 2.28. The Hall–Kier alpha value is -1.07. The van der Waals surface area contributed by atoms with Gasteiger partial charge in [-0.3, -0.25) is 4.79 Å². The molecule has 5 heteroatoms. The molecule has 0 spiro atoms. The molecule has 0 bridgehead atoms. The van der Waals surface area contributed by atoms with Gasteiger partial charge >= 0.3 is 0 Å². The minimum atomic E-state index is -0.413. The third-order valence-corrected chi connectivity index (χ3v) is 3.26. The molecule has 1 aromatic carbocycles. The van der Waals surface area contributed by atoms with Gasteiger partial charge in [-0.25, -0.2) is 4.39 Å². The zero-order chi connectivity index (χ0) is 12.7. The van der Waals surface area contributed by atoms with Crippen LogP contribution in [0.5, 0.6) is 0 Å². The number of carbonyl (C=O) groups excluding carboxylic acids is 1. The van der Waals surface area contributed by atoms with E-state index in [1.807, 2.05) is 6.92 Å². The third-order valence-electron chi connectivity index (χ3n) is 2.00. The number of hydrogen-bond donors (Lipinski definition) is 2. The highest BCUT2D eigenvalue weighted by atomic mass is 32.2. The van der Waals surface area contributed by atoms with E-state index in [1.54, 1.807) is 30.0 Å². The molecule has 0 radical (unpaired) electrons. The van der Waals surface area contributed by atoms with E-state index >= 15 is 0 Å². The van der Waals surface area contributed by atoms with Crippen molar-refractivity contribution in [1.29, 1.82) is 0 Å². The zero-order valence-corrected chi connectivity index (χ0v) is 10.6. The number of hydrogen-bond acceptors (Lipinski definition) is 3. The second-order valence-electron chi connectivity index (χ2n) is 3.83. The molecule has 0 aliphatic carbocycles. The lowest BCUT2D eigenvalue weighted by atomic mass is 10.3. The standard InChI is InChI=1S/C12H17FN2OS/c1-9(14)8-17-7-6-12(16)15-11-5-3-2-4-10(11)13/h2-5,9H,6-8,14H2,1H3,(H,15,16). The Kier molecular flexibility index (Phi) is 6.00. The second kappa shape index (κ2) is 7.29. The van der Waals surface area contributed by atoms with Crippen LogP contribution in [0.4, 0.5) is 10.1 Å². The average molecular weight is 256 g/mol. The van der Waals surface area contributed by atoms with Gasteiger partial charge < -0.3 is 11.1 Å². The Bertz CT molecular complexity index is 371. The molecule has 17 heavy (non-hydrogen) atoms. The van der Waals surface area contributed by atoms with Crippen molar-refractivity contribution >= 4 is 23.4 Å². The maximum Gasteiger partial charge on any atom is 0.225 e. The summed E-state index contributed by atoms with van der Waals surface area (Å²) in [5.41, 5.74) is 5.81. The van der Waals surface area contributed by atoms with E-state index in [1.165, 1.54) is 6.07 Å². The van der Waals surface area contributed by atoms with Crippen LogP contribution in [-0.4, -0.2) is 23.5 Å². The summed E-state index contributed by atoms with van der Waals surface area (Å²) >= 11 is 1.62. The van der Waals surface area contributed by atoms with Crippen LogP contribution in [-0.2, 0) is 4.79 Å². The molecular weight excluding hydrogens is 239 g/mol. The molecule has 0 saturated heterocycles. The molecule has 3 N–H and O–H groups in total. The van der Waals surface area contributed by atoms with Crippen LogP contribution in [0.2, 0.25) is 0 Å². The number of nitrogens with two attached hydrogens (primary N) is 1. The lowest BCUT2D eigenvalue weighted by molar-refractivity contribution is -0.115. The largest absolute Gasteiger partial charge is 0.327 e. The first-order chi connectivity index (χ1) is 8.09. The van der Waals surface area contributed by atoms with Crippen molar-refractivity contribution in [3.63, 3.8) is 0 Å². The maximum atomic E-state index is 13.2. The van der Waals surface area contributed by atoms with Crippen molar-refractivity contribution in [2.75, 3.05) is 16.8 Å². The summed E-state index contributed by atoms with van der Waals surface area (Å²) in [5.74, 6) is 0.936. The number of benzene rings is 1. The summed E-state index contributed by atoms with van der Waals surface area (Å²) in [4.78, 5) is 11.5. The van der Waals surface area contributed by atoms with Crippen LogP contribution < -0.4 is 11.1 Å². The minimum Gasteiger partial charge on any atom is -0.327 e. The highest BCUT2D eigenvalue weighted by Gasteiger charge is 2.06. The van der Waals surface area contributed by atoms with Crippen molar-refractivity contribution in [3.8, 4) is 0 Å². The highest BCUT2D eigenvalue weighted by molar-refractivity contribution is 7.99. The second-order valence-corrected chi connectivity index (χ2v) is 4.98. The van der Waals surface area contributed by atoms with E-state index in [4.69, 9.17) is 5.73 Å². The van der Waals surface area contributed by atoms with Gasteiger partial charge in [0, 0.05) is 24.0 Å². The molecule has 0 saturated carbocycles. The molecule has 1 atom stereocenters. The summed E-state index contributed by atoms with van der Waals surface area (Å²) in [6, 6.07) is 6.27. The van der Waals surface area contributed by atoms with Crippen LogP contribution in [0.3, 0.4) is 0 Å². The van der Waals surface area contributed by atoms with Gasteiger partial charge in [-0.05, 0) is 19.1 Å². The molecule has 0 aromatic heterocycles. The quantitative estimate of drug-likeness (QED) is 0.767. The minimum absolute atomic E-state index is 0.134. The number of nitrogens with one attached hydrogen (secondary N) is 1.